The summed E-state index contributed by atoms with van der Waals surface area (Å²) in [4.78, 5) is 17.8. The highest BCUT2D eigenvalue weighted by atomic mass is 16.2. The second kappa shape index (κ2) is 4.20. The first-order chi connectivity index (χ1) is 9.11. The van der Waals surface area contributed by atoms with Gasteiger partial charge in [0.05, 0.1) is 24.1 Å². The summed E-state index contributed by atoms with van der Waals surface area (Å²) >= 11 is 0. The van der Waals surface area contributed by atoms with E-state index in [1.165, 1.54) is 0 Å². The quantitative estimate of drug-likeness (QED) is 0.874. The van der Waals surface area contributed by atoms with E-state index in [1.54, 1.807) is 18.3 Å². The van der Waals surface area contributed by atoms with Crippen molar-refractivity contribution < 1.29 is 4.79 Å². The van der Waals surface area contributed by atoms with Gasteiger partial charge in [-0.2, -0.15) is 0 Å². The van der Waals surface area contributed by atoms with Gasteiger partial charge in [-0.3, -0.25) is 4.79 Å². The maximum Gasteiger partial charge on any atom is 0.231 e. The van der Waals surface area contributed by atoms with Gasteiger partial charge in [0.1, 0.15) is 0 Å². The molecule has 2 aromatic rings. The van der Waals surface area contributed by atoms with E-state index in [-0.39, 0.29) is 5.91 Å². The first-order valence-corrected chi connectivity index (χ1v) is 6.22. The van der Waals surface area contributed by atoms with E-state index in [1.807, 2.05) is 29.8 Å². The van der Waals surface area contributed by atoms with E-state index in [4.69, 9.17) is 5.73 Å². The lowest BCUT2D eigenvalue weighted by Gasteiger charge is -2.10. The molecule has 5 heteroatoms. The van der Waals surface area contributed by atoms with Gasteiger partial charge in [0.15, 0.2) is 0 Å². The van der Waals surface area contributed by atoms with Gasteiger partial charge in [-0.25, -0.2) is 4.98 Å². The molecule has 0 spiro atoms. The van der Waals surface area contributed by atoms with Crippen molar-refractivity contribution in [2.75, 3.05) is 11.9 Å². The van der Waals surface area contributed by atoms with E-state index in [0.717, 1.165) is 28.2 Å². The molecule has 0 aliphatic carbocycles. The van der Waals surface area contributed by atoms with Crippen LogP contribution in [0.4, 0.5) is 5.69 Å². The third-order valence-electron chi connectivity index (χ3n) is 3.68. The standard InChI is InChI=1S/C14H16N4O/c1-17-8-16-14(12(17)7-15)9-3-4-11-10(5-9)6-13(19)18(11)2/h3-5,8H,6-7,15H2,1-2H3. The highest BCUT2D eigenvalue weighted by molar-refractivity contribution is 6.01. The molecule has 0 atom stereocenters. The third-order valence-corrected chi connectivity index (χ3v) is 3.68. The Kier molecular flexibility index (Phi) is 2.64. The molecule has 3 rings (SSSR count). The SMILES string of the molecule is CN1C(=O)Cc2cc(-c3ncn(C)c3CN)ccc21. The Bertz CT molecular complexity index is 659. The fraction of sp³-hybridized carbons (Fsp3) is 0.286. The van der Waals surface area contributed by atoms with Crippen LogP contribution in [-0.4, -0.2) is 22.5 Å². The van der Waals surface area contributed by atoms with Crippen molar-refractivity contribution in [1.29, 1.82) is 0 Å². The molecule has 0 saturated carbocycles. The molecule has 0 unspecified atom stereocenters. The van der Waals surface area contributed by atoms with Crippen LogP contribution >= 0.6 is 0 Å². The molecule has 2 N–H and O–H groups in total. The fourth-order valence-electron chi connectivity index (χ4n) is 2.55. The summed E-state index contributed by atoms with van der Waals surface area (Å²) in [6, 6.07) is 6.01. The topological polar surface area (TPSA) is 64.2 Å². The Balaban J connectivity index is 2.09. The number of imidazole rings is 1. The third kappa shape index (κ3) is 1.74. The molecule has 1 aromatic carbocycles. The maximum atomic E-state index is 11.7. The number of amides is 1. The van der Waals surface area contributed by atoms with Crippen LogP contribution in [0.25, 0.3) is 11.3 Å². The van der Waals surface area contributed by atoms with Gasteiger partial charge in [0.25, 0.3) is 0 Å². The number of benzene rings is 1. The van der Waals surface area contributed by atoms with Crippen molar-refractivity contribution in [3.05, 3.63) is 35.8 Å². The van der Waals surface area contributed by atoms with Gasteiger partial charge < -0.3 is 15.2 Å². The molecule has 0 saturated heterocycles. The van der Waals surface area contributed by atoms with Crippen molar-refractivity contribution in [3.8, 4) is 11.3 Å². The zero-order valence-corrected chi connectivity index (χ0v) is 11.1. The molecule has 0 fully saturated rings. The Labute approximate surface area is 111 Å². The summed E-state index contributed by atoms with van der Waals surface area (Å²) < 4.78 is 1.93. The van der Waals surface area contributed by atoms with Crippen molar-refractivity contribution in [2.24, 2.45) is 12.8 Å². The number of aromatic nitrogens is 2. The molecular formula is C14H16N4O. The predicted molar refractivity (Wildman–Crippen MR) is 73.6 cm³/mol. The van der Waals surface area contributed by atoms with Crippen LogP contribution in [0, 0.1) is 0 Å². The average Bonchev–Trinajstić information content (AvgIpc) is 2.90. The summed E-state index contributed by atoms with van der Waals surface area (Å²) in [5.74, 6) is 0.132. The minimum atomic E-state index is 0.132. The molecule has 0 bridgehead atoms. The van der Waals surface area contributed by atoms with Crippen LogP contribution in [0.2, 0.25) is 0 Å². The number of likely N-dealkylation sites (N-methyl/N-ethyl adjacent to an activating group) is 1. The van der Waals surface area contributed by atoms with Gasteiger partial charge in [-0.15, -0.1) is 0 Å². The number of anilines is 1. The molecule has 19 heavy (non-hydrogen) atoms. The van der Waals surface area contributed by atoms with Crippen LogP contribution in [0.15, 0.2) is 24.5 Å². The van der Waals surface area contributed by atoms with Gasteiger partial charge in [0, 0.05) is 31.9 Å². The van der Waals surface area contributed by atoms with Crippen LogP contribution < -0.4 is 10.6 Å². The number of aryl methyl sites for hydroxylation is 1. The van der Waals surface area contributed by atoms with E-state index < -0.39 is 0 Å². The van der Waals surface area contributed by atoms with E-state index >= 15 is 0 Å². The summed E-state index contributed by atoms with van der Waals surface area (Å²) in [6.45, 7) is 0.446. The highest BCUT2D eigenvalue weighted by Gasteiger charge is 2.24. The van der Waals surface area contributed by atoms with E-state index in [0.29, 0.717) is 13.0 Å². The largest absolute Gasteiger partial charge is 0.336 e. The van der Waals surface area contributed by atoms with Gasteiger partial charge in [-0.1, -0.05) is 6.07 Å². The number of fused-ring (bicyclic) bond motifs is 1. The van der Waals surface area contributed by atoms with Crippen LogP contribution in [0.1, 0.15) is 11.3 Å². The molecule has 1 amide bonds. The molecular weight excluding hydrogens is 240 g/mol. The maximum absolute atomic E-state index is 11.7. The van der Waals surface area contributed by atoms with E-state index in [9.17, 15) is 4.79 Å². The van der Waals surface area contributed by atoms with E-state index in [2.05, 4.69) is 4.98 Å². The summed E-state index contributed by atoms with van der Waals surface area (Å²) in [6.07, 6.45) is 2.23. The van der Waals surface area contributed by atoms with Crippen molar-refractivity contribution in [3.63, 3.8) is 0 Å². The first kappa shape index (κ1) is 11.9. The minimum Gasteiger partial charge on any atom is -0.336 e. The molecule has 98 valence electrons. The molecule has 0 radical (unpaired) electrons. The second-order valence-electron chi connectivity index (χ2n) is 4.83. The number of hydrogen-bond donors (Lipinski definition) is 1. The van der Waals surface area contributed by atoms with Crippen LogP contribution in [0.3, 0.4) is 0 Å². The van der Waals surface area contributed by atoms with Gasteiger partial charge >= 0.3 is 0 Å². The Hall–Kier alpha value is -2.14. The normalized spacial score (nSPS) is 14.1. The summed E-state index contributed by atoms with van der Waals surface area (Å²) in [7, 11) is 3.74. The number of nitrogens with zero attached hydrogens (tertiary/aromatic N) is 3. The Morgan fingerprint density at radius 2 is 2.16 bits per heavy atom. The Morgan fingerprint density at radius 1 is 1.37 bits per heavy atom. The number of nitrogens with two attached hydrogens (primary N) is 1. The number of rotatable bonds is 2. The lowest BCUT2D eigenvalue weighted by molar-refractivity contribution is -0.117. The lowest BCUT2D eigenvalue weighted by atomic mass is 10.0. The Morgan fingerprint density at radius 3 is 2.89 bits per heavy atom. The second-order valence-corrected chi connectivity index (χ2v) is 4.83. The molecule has 1 aliphatic heterocycles. The van der Waals surface area contributed by atoms with Crippen LogP contribution in [0.5, 0.6) is 0 Å². The smallest absolute Gasteiger partial charge is 0.231 e. The minimum absolute atomic E-state index is 0.132. The highest BCUT2D eigenvalue weighted by Crippen LogP contribution is 2.32. The summed E-state index contributed by atoms with van der Waals surface area (Å²) in [5.41, 5.74) is 10.7. The lowest BCUT2D eigenvalue weighted by Crippen LogP contribution is -2.20. The van der Waals surface area contributed by atoms with Gasteiger partial charge in [-0.05, 0) is 17.7 Å². The first-order valence-electron chi connectivity index (χ1n) is 6.22. The zero-order chi connectivity index (χ0) is 13.6. The fourth-order valence-corrected chi connectivity index (χ4v) is 2.55. The molecule has 1 aliphatic rings. The molecule has 2 heterocycles. The number of carbonyl (C=O) groups excluding carboxylic acids is 1. The van der Waals surface area contributed by atoms with Crippen molar-refractivity contribution in [1.82, 2.24) is 9.55 Å². The zero-order valence-electron chi connectivity index (χ0n) is 11.1. The predicted octanol–water partition coefficient (Wildman–Crippen LogP) is 1.06. The van der Waals surface area contributed by atoms with Crippen molar-refractivity contribution >= 4 is 11.6 Å². The number of carbonyl (C=O) groups is 1. The summed E-state index contributed by atoms with van der Waals surface area (Å²) in [5, 5.41) is 0. The molecule has 5 nitrogen and oxygen atoms in total. The monoisotopic (exact) mass is 256 g/mol. The van der Waals surface area contributed by atoms with Crippen LogP contribution in [-0.2, 0) is 24.8 Å². The average molecular weight is 256 g/mol. The molecule has 1 aromatic heterocycles. The van der Waals surface area contributed by atoms with Gasteiger partial charge in [0.2, 0.25) is 5.91 Å². The number of hydrogen-bond acceptors (Lipinski definition) is 3. The van der Waals surface area contributed by atoms with Crippen molar-refractivity contribution in [2.45, 2.75) is 13.0 Å².